The number of carbonyl (C=O) groups is 2. The molecule has 0 unspecified atom stereocenters. The summed E-state index contributed by atoms with van der Waals surface area (Å²) in [4.78, 5) is 31.3. The summed E-state index contributed by atoms with van der Waals surface area (Å²) < 4.78 is 2.12. The maximum atomic E-state index is 12.8. The van der Waals surface area contributed by atoms with Crippen LogP contribution < -0.4 is 0 Å². The molecule has 0 radical (unpaired) electrons. The summed E-state index contributed by atoms with van der Waals surface area (Å²) >= 11 is 0. The van der Waals surface area contributed by atoms with Crippen molar-refractivity contribution in [2.75, 3.05) is 52.4 Å². The Hall–Kier alpha value is -1.92. The summed E-state index contributed by atoms with van der Waals surface area (Å²) in [6.07, 6.45) is 1.85. The first-order valence-electron chi connectivity index (χ1n) is 9.94. The number of allylic oxidation sites excluding steroid dienone is 1. The zero-order chi connectivity index (χ0) is 20.0. The number of aryl methyl sites for hydroxylation is 1. The molecule has 1 aromatic heterocycles. The molecule has 0 atom stereocenters. The number of ketones is 1. The van der Waals surface area contributed by atoms with Crippen LogP contribution in [-0.2, 0) is 11.3 Å². The van der Waals surface area contributed by atoms with Gasteiger partial charge in [-0.1, -0.05) is 6.08 Å². The van der Waals surface area contributed by atoms with Crippen LogP contribution in [0, 0.1) is 13.8 Å². The lowest BCUT2D eigenvalue weighted by Gasteiger charge is -2.34. The molecule has 0 saturated carbocycles. The first kappa shape index (κ1) is 21.4. The Morgan fingerprint density at radius 1 is 1.07 bits per heavy atom. The zero-order valence-electron chi connectivity index (χ0n) is 17.3. The largest absolute Gasteiger partial charge is 0.345 e. The van der Waals surface area contributed by atoms with Gasteiger partial charge in [0.2, 0.25) is 5.91 Å². The Morgan fingerprint density at radius 2 is 1.63 bits per heavy atom. The van der Waals surface area contributed by atoms with E-state index in [0.717, 1.165) is 62.8 Å². The van der Waals surface area contributed by atoms with E-state index in [9.17, 15) is 9.59 Å². The van der Waals surface area contributed by atoms with Crippen LogP contribution in [0.1, 0.15) is 35.6 Å². The van der Waals surface area contributed by atoms with Crippen LogP contribution in [0.2, 0.25) is 0 Å². The van der Waals surface area contributed by atoms with E-state index >= 15 is 0 Å². The smallest absolute Gasteiger partial charge is 0.236 e. The molecule has 1 aliphatic rings. The lowest BCUT2D eigenvalue weighted by molar-refractivity contribution is -0.132. The molecule has 1 amide bonds. The van der Waals surface area contributed by atoms with Crippen molar-refractivity contribution in [3.63, 3.8) is 0 Å². The molecule has 1 aliphatic heterocycles. The normalized spacial score (nSPS) is 15.7. The maximum absolute atomic E-state index is 12.8. The van der Waals surface area contributed by atoms with Gasteiger partial charge >= 0.3 is 0 Å². The third-order valence-electron chi connectivity index (χ3n) is 5.49. The summed E-state index contributed by atoms with van der Waals surface area (Å²) in [7, 11) is 0. The Balaban J connectivity index is 1.87. The van der Waals surface area contributed by atoms with Crippen LogP contribution in [0.25, 0.3) is 0 Å². The van der Waals surface area contributed by atoms with Gasteiger partial charge in [-0.05, 0) is 33.8 Å². The minimum absolute atomic E-state index is 0.172. The fraction of sp³-hybridized carbons (Fsp3) is 0.619. The van der Waals surface area contributed by atoms with E-state index in [-0.39, 0.29) is 11.7 Å². The van der Waals surface area contributed by atoms with Gasteiger partial charge in [-0.15, -0.1) is 6.58 Å². The molecule has 2 rings (SSSR count). The van der Waals surface area contributed by atoms with Gasteiger partial charge in [0.25, 0.3) is 0 Å². The van der Waals surface area contributed by atoms with Crippen molar-refractivity contribution in [2.45, 2.75) is 34.2 Å². The summed E-state index contributed by atoms with van der Waals surface area (Å²) in [5.41, 5.74) is 2.92. The average Bonchev–Trinajstić information content (AvgIpc) is 2.93. The predicted molar refractivity (Wildman–Crippen MR) is 109 cm³/mol. The fourth-order valence-electron chi connectivity index (χ4n) is 3.75. The van der Waals surface area contributed by atoms with Gasteiger partial charge in [0, 0.05) is 62.8 Å². The molecule has 0 N–H and O–H groups in total. The second-order valence-electron chi connectivity index (χ2n) is 7.23. The van der Waals surface area contributed by atoms with Crippen molar-refractivity contribution in [1.82, 2.24) is 19.3 Å². The number of nitrogens with zero attached hydrogens (tertiary/aromatic N) is 4. The molecule has 1 saturated heterocycles. The lowest BCUT2D eigenvalue weighted by atomic mass is 10.1. The monoisotopic (exact) mass is 374 g/mol. The number of aromatic nitrogens is 1. The van der Waals surface area contributed by atoms with Crippen molar-refractivity contribution in [2.24, 2.45) is 0 Å². The zero-order valence-corrected chi connectivity index (χ0v) is 17.3. The summed E-state index contributed by atoms with van der Waals surface area (Å²) in [6.45, 7) is 18.3. The van der Waals surface area contributed by atoms with E-state index in [0.29, 0.717) is 13.1 Å². The van der Waals surface area contributed by atoms with Gasteiger partial charge in [0.05, 0.1) is 13.1 Å². The van der Waals surface area contributed by atoms with Crippen molar-refractivity contribution in [1.29, 1.82) is 0 Å². The summed E-state index contributed by atoms with van der Waals surface area (Å²) in [5, 5.41) is 0. The number of amides is 1. The quantitative estimate of drug-likeness (QED) is 0.490. The SMILES string of the molecule is C=CCn1c(C)cc(C(=O)CN2CCN(CC(=O)N(CC)CC)CC2)c1C. The predicted octanol–water partition coefficient (Wildman–Crippen LogP) is 1.96. The van der Waals surface area contributed by atoms with Crippen molar-refractivity contribution in [3.05, 3.63) is 35.7 Å². The number of carbonyl (C=O) groups excluding carboxylic acids is 2. The molecule has 1 fully saturated rings. The van der Waals surface area contributed by atoms with Gasteiger partial charge in [-0.2, -0.15) is 0 Å². The van der Waals surface area contributed by atoms with Gasteiger partial charge in [0.15, 0.2) is 5.78 Å². The number of piperazine rings is 1. The van der Waals surface area contributed by atoms with Gasteiger partial charge in [0.1, 0.15) is 0 Å². The second-order valence-corrected chi connectivity index (χ2v) is 7.23. The first-order valence-corrected chi connectivity index (χ1v) is 9.94. The van der Waals surface area contributed by atoms with Crippen molar-refractivity contribution < 1.29 is 9.59 Å². The van der Waals surface area contributed by atoms with Crippen LogP contribution in [-0.4, -0.2) is 83.3 Å². The maximum Gasteiger partial charge on any atom is 0.236 e. The number of Topliss-reactive ketones (excluding diaryl/α,β-unsaturated/α-hetero) is 1. The number of likely N-dealkylation sites (N-methyl/N-ethyl adjacent to an activating group) is 1. The number of hydrogen-bond donors (Lipinski definition) is 0. The van der Waals surface area contributed by atoms with Crippen LogP contribution in [0.15, 0.2) is 18.7 Å². The number of rotatable bonds is 9. The van der Waals surface area contributed by atoms with Gasteiger partial charge in [-0.3, -0.25) is 19.4 Å². The van der Waals surface area contributed by atoms with Crippen LogP contribution in [0.3, 0.4) is 0 Å². The average molecular weight is 375 g/mol. The molecule has 150 valence electrons. The van der Waals surface area contributed by atoms with Crippen LogP contribution in [0.4, 0.5) is 0 Å². The van der Waals surface area contributed by atoms with E-state index in [4.69, 9.17) is 0 Å². The first-order chi connectivity index (χ1) is 12.9. The highest BCUT2D eigenvalue weighted by atomic mass is 16.2. The molecular weight excluding hydrogens is 340 g/mol. The Labute approximate surface area is 163 Å². The molecule has 6 heteroatoms. The Kier molecular flexibility index (Phi) is 7.80. The minimum Gasteiger partial charge on any atom is -0.345 e. The molecule has 0 bridgehead atoms. The van der Waals surface area contributed by atoms with E-state index in [1.807, 2.05) is 44.7 Å². The van der Waals surface area contributed by atoms with E-state index in [2.05, 4.69) is 20.9 Å². The Bertz CT molecular complexity index is 668. The third kappa shape index (κ3) is 5.30. The summed E-state index contributed by atoms with van der Waals surface area (Å²) in [5.74, 6) is 0.366. The molecule has 0 aromatic carbocycles. The topological polar surface area (TPSA) is 48.8 Å². The summed E-state index contributed by atoms with van der Waals surface area (Å²) in [6, 6.07) is 1.99. The molecule has 2 heterocycles. The second kappa shape index (κ2) is 9.85. The molecule has 6 nitrogen and oxygen atoms in total. The lowest BCUT2D eigenvalue weighted by Crippen LogP contribution is -2.51. The van der Waals surface area contributed by atoms with Crippen LogP contribution >= 0.6 is 0 Å². The van der Waals surface area contributed by atoms with Crippen molar-refractivity contribution >= 4 is 11.7 Å². The Morgan fingerprint density at radius 3 is 2.15 bits per heavy atom. The van der Waals surface area contributed by atoms with Gasteiger partial charge < -0.3 is 9.47 Å². The van der Waals surface area contributed by atoms with E-state index in [1.54, 1.807) is 0 Å². The highest BCUT2D eigenvalue weighted by Crippen LogP contribution is 2.17. The number of hydrogen-bond acceptors (Lipinski definition) is 4. The van der Waals surface area contributed by atoms with Gasteiger partial charge in [-0.25, -0.2) is 0 Å². The molecular formula is C21H34N4O2. The third-order valence-corrected chi connectivity index (χ3v) is 5.49. The fourth-order valence-corrected chi connectivity index (χ4v) is 3.75. The molecule has 0 spiro atoms. The van der Waals surface area contributed by atoms with Crippen LogP contribution in [0.5, 0.6) is 0 Å². The highest BCUT2D eigenvalue weighted by molar-refractivity contribution is 5.99. The minimum atomic E-state index is 0.172. The van der Waals surface area contributed by atoms with E-state index in [1.165, 1.54) is 0 Å². The highest BCUT2D eigenvalue weighted by Gasteiger charge is 2.23. The van der Waals surface area contributed by atoms with E-state index < -0.39 is 0 Å². The molecule has 0 aliphatic carbocycles. The van der Waals surface area contributed by atoms with Crippen molar-refractivity contribution in [3.8, 4) is 0 Å². The standard InChI is InChI=1S/C21H34N4O2/c1-6-9-25-17(4)14-19(18(25)5)20(26)15-22-10-12-23(13-11-22)16-21(27)24(7-2)8-3/h6,14H,1,7-13,15-16H2,2-5H3. The molecule has 27 heavy (non-hydrogen) atoms. The molecule has 1 aromatic rings.